The average Bonchev–Trinajstić information content (AvgIpc) is 2.49. The van der Waals surface area contributed by atoms with E-state index in [2.05, 4.69) is 5.32 Å². The number of nitrogen functional groups attached to an aromatic ring is 1. The van der Waals surface area contributed by atoms with Gasteiger partial charge in [-0.15, -0.1) is 0 Å². The number of hydrogen-bond donors (Lipinski definition) is 3. The van der Waals surface area contributed by atoms with Gasteiger partial charge in [0.1, 0.15) is 5.75 Å². The summed E-state index contributed by atoms with van der Waals surface area (Å²) in [6, 6.07) is 11.4. The molecule has 0 saturated heterocycles. The minimum Gasteiger partial charge on any atom is -0.495 e. The van der Waals surface area contributed by atoms with Crippen molar-refractivity contribution in [3.63, 3.8) is 0 Å². The summed E-state index contributed by atoms with van der Waals surface area (Å²) in [6.45, 7) is 0. The maximum Gasteiger partial charge on any atom is 0.337 e. The van der Waals surface area contributed by atoms with E-state index in [0.717, 1.165) is 0 Å². The fraction of sp³-hybridized carbons (Fsp3) is 0.0667. The summed E-state index contributed by atoms with van der Waals surface area (Å²) in [5, 5.41) is 21.0. The maximum atomic E-state index is 11.2. The molecule has 0 saturated carbocycles. The first-order valence-corrected chi connectivity index (χ1v) is 6.03. The number of carbonyl (C=O) groups is 1. The molecule has 0 fully saturated rings. The smallest absolute Gasteiger partial charge is 0.337 e. The Kier molecular flexibility index (Phi) is 3.95. The van der Waals surface area contributed by atoms with Crippen LogP contribution >= 0.6 is 0 Å². The highest BCUT2D eigenvalue weighted by atomic mass is 16.5. The summed E-state index contributed by atoms with van der Waals surface area (Å²) in [5.74, 6) is -0.661. The van der Waals surface area contributed by atoms with Crippen LogP contribution in [0.1, 0.15) is 15.9 Å². The number of carboxylic acid groups (broad SMARTS) is 1. The van der Waals surface area contributed by atoms with Crippen LogP contribution in [-0.2, 0) is 0 Å². The molecule has 0 radical (unpaired) electrons. The first-order valence-electron chi connectivity index (χ1n) is 6.03. The molecule has 2 rings (SSSR count). The first-order chi connectivity index (χ1) is 10.1. The minimum atomic E-state index is -1.09. The van der Waals surface area contributed by atoms with E-state index in [0.29, 0.717) is 22.7 Å². The van der Waals surface area contributed by atoms with Gasteiger partial charge in [0, 0.05) is 6.07 Å². The number of rotatable bonds is 4. The van der Waals surface area contributed by atoms with E-state index < -0.39 is 5.97 Å². The molecular formula is C15H13N3O3. The van der Waals surface area contributed by atoms with Crippen LogP contribution in [0, 0.1) is 11.3 Å². The fourth-order valence-corrected chi connectivity index (χ4v) is 1.89. The Morgan fingerprint density at radius 2 is 2.14 bits per heavy atom. The number of ether oxygens (including phenoxy) is 1. The Morgan fingerprint density at radius 1 is 1.38 bits per heavy atom. The van der Waals surface area contributed by atoms with Crippen molar-refractivity contribution in [3.8, 4) is 11.8 Å². The molecular weight excluding hydrogens is 270 g/mol. The van der Waals surface area contributed by atoms with E-state index in [1.807, 2.05) is 6.07 Å². The second kappa shape index (κ2) is 5.84. The van der Waals surface area contributed by atoms with Gasteiger partial charge in [0.15, 0.2) is 0 Å². The third kappa shape index (κ3) is 2.87. The first kappa shape index (κ1) is 14.2. The summed E-state index contributed by atoms with van der Waals surface area (Å²) in [4.78, 5) is 11.2. The van der Waals surface area contributed by atoms with Gasteiger partial charge in [0.2, 0.25) is 0 Å². The predicted molar refractivity (Wildman–Crippen MR) is 78.8 cm³/mol. The lowest BCUT2D eigenvalue weighted by molar-refractivity contribution is 0.0698. The van der Waals surface area contributed by atoms with Crippen molar-refractivity contribution in [1.29, 1.82) is 5.26 Å². The summed E-state index contributed by atoms with van der Waals surface area (Å²) < 4.78 is 5.20. The Bertz CT molecular complexity index is 735. The second-order valence-electron chi connectivity index (χ2n) is 4.23. The van der Waals surface area contributed by atoms with Crippen molar-refractivity contribution in [3.05, 3.63) is 47.5 Å². The van der Waals surface area contributed by atoms with Crippen LogP contribution in [0.25, 0.3) is 0 Å². The lowest BCUT2D eigenvalue weighted by Crippen LogP contribution is -2.06. The number of nitrogens with two attached hydrogens (primary N) is 1. The topological polar surface area (TPSA) is 108 Å². The molecule has 106 valence electrons. The number of hydrogen-bond acceptors (Lipinski definition) is 5. The Balaban J connectivity index is 2.48. The molecule has 4 N–H and O–H groups in total. The molecule has 6 heteroatoms. The van der Waals surface area contributed by atoms with Crippen LogP contribution < -0.4 is 15.8 Å². The second-order valence-corrected chi connectivity index (χ2v) is 4.23. The monoisotopic (exact) mass is 283 g/mol. The average molecular weight is 283 g/mol. The van der Waals surface area contributed by atoms with Gasteiger partial charge in [-0.1, -0.05) is 6.07 Å². The van der Waals surface area contributed by atoms with E-state index in [4.69, 9.17) is 15.7 Å². The third-order valence-corrected chi connectivity index (χ3v) is 2.92. The Morgan fingerprint density at radius 3 is 2.76 bits per heavy atom. The van der Waals surface area contributed by atoms with Crippen molar-refractivity contribution in [1.82, 2.24) is 0 Å². The SMILES string of the molecule is COc1cc(C#N)ccc1Nc1c(N)cccc1C(=O)O. The number of benzene rings is 2. The Hall–Kier alpha value is -3.20. The normalized spacial score (nSPS) is 9.71. The van der Waals surface area contributed by atoms with Crippen molar-refractivity contribution < 1.29 is 14.6 Å². The zero-order chi connectivity index (χ0) is 15.4. The van der Waals surface area contributed by atoms with Gasteiger partial charge in [0.25, 0.3) is 0 Å². The van der Waals surface area contributed by atoms with Crippen molar-refractivity contribution >= 4 is 23.0 Å². The quantitative estimate of drug-likeness (QED) is 0.744. The number of nitriles is 1. The summed E-state index contributed by atoms with van der Waals surface area (Å²) >= 11 is 0. The molecule has 0 amide bonds. The Labute approximate surface area is 121 Å². The minimum absolute atomic E-state index is 0.0569. The third-order valence-electron chi connectivity index (χ3n) is 2.92. The zero-order valence-electron chi connectivity index (χ0n) is 11.3. The molecule has 0 spiro atoms. The van der Waals surface area contributed by atoms with E-state index in [9.17, 15) is 9.90 Å². The van der Waals surface area contributed by atoms with Gasteiger partial charge in [0.05, 0.1) is 41.4 Å². The molecule has 0 bridgehead atoms. The molecule has 0 aliphatic rings. The number of carboxylic acids is 1. The summed E-state index contributed by atoms with van der Waals surface area (Å²) in [6.07, 6.45) is 0. The molecule has 0 atom stereocenters. The van der Waals surface area contributed by atoms with Crippen LogP contribution in [-0.4, -0.2) is 18.2 Å². The molecule has 0 aromatic heterocycles. The number of nitrogens with one attached hydrogen (secondary N) is 1. The van der Waals surface area contributed by atoms with Crippen molar-refractivity contribution in [2.45, 2.75) is 0 Å². The molecule has 21 heavy (non-hydrogen) atoms. The number of aromatic carboxylic acids is 1. The van der Waals surface area contributed by atoms with Crippen LogP contribution in [0.2, 0.25) is 0 Å². The highest BCUT2D eigenvalue weighted by molar-refractivity contribution is 5.99. The van der Waals surface area contributed by atoms with Gasteiger partial charge >= 0.3 is 5.97 Å². The van der Waals surface area contributed by atoms with Crippen molar-refractivity contribution in [2.24, 2.45) is 0 Å². The van der Waals surface area contributed by atoms with Crippen molar-refractivity contribution in [2.75, 3.05) is 18.2 Å². The highest BCUT2D eigenvalue weighted by Crippen LogP contribution is 2.33. The lowest BCUT2D eigenvalue weighted by Gasteiger charge is -2.15. The van der Waals surface area contributed by atoms with Crippen LogP contribution in [0.5, 0.6) is 5.75 Å². The molecule has 0 aliphatic carbocycles. The fourth-order valence-electron chi connectivity index (χ4n) is 1.89. The molecule has 2 aromatic rings. The van der Waals surface area contributed by atoms with E-state index >= 15 is 0 Å². The summed E-state index contributed by atoms with van der Waals surface area (Å²) in [5.41, 5.74) is 7.45. The van der Waals surface area contributed by atoms with Crippen LogP contribution in [0.3, 0.4) is 0 Å². The molecule has 2 aromatic carbocycles. The predicted octanol–water partition coefficient (Wildman–Crippen LogP) is 2.59. The number of nitrogens with zero attached hydrogens (tertiary/aromatic N) is 1. The molecule has 0 heterocycles. The number of para-hydroxylation sites is 1. The molecule has 0 unspecified atom stereocenters. The number of anilines is 3. The molecule has 0 aliphatic heterocycles. The molecule has 6 nitrogen and oxygen atoms in total. The van der Waals surface area contributed by atoms with Gasteiger partial charge in [-0.25, -0.2) is 4.79 Å². The lowest BCUT2D eigenvalue weighted by atomic mass is 10.1. The largest absolute Gasteiger partial charge is 0.495 e. The van der Waals surface area contributed by atoms with E-state index in [-0.39, 0.29) is 11.3 Å². The van der Waals surface area contributed by atoms with E-state index in [1.54, 1.807) is 30.3 Å². The number of methoxy groups -OCH3 is 1. The van der Waals surface area contributed by atoms with Crippen LogP contribution in [0.15, 0.2) is 36.4 Å². The highest BCUT2D eigenvalue weighted by Gasteiger charge is 2.14. The van der Waals surface area contributed by atoms with Gasteiger partial charge in [-0.3, -0.25) is 0 Å². The van der Waals surface area contributed by atoms with Gasteiger partial charge in [-0.05, 0) is 24.3 Å². The van der Waals surface area contributed by atoms with Gasteiger partial charge in [-0.2, -0.15) is 5.26 Å². The standard InChI is InChI=1S/C15H13N3O3/c1-21-13-7-9(8-16)5-6-12(13)18-14-10(15(19)20)3-2-4-11(14)17/h2-7,18H,17H2,1H3,(H,19,20). The van der Waals surface area contributed by atoms with E-state index in [1.165, 1.54) is 13.2 Å². The zero-order valence-corrected chi connectivity index (χ0v) is 11.3. The maximum absolute atomic E-state index is 11.2. The summed E-state index contributed by atoms with van der Waals surface area (Å²) in [7, 11) is 1.47. The van der Waals surface area contributed by atoms with Gasteiger partial charge < -0.3 is 20.9 Å². The van der Waals surface area contributed by atoms with Crippen LogP contribution in [0.4, 0.5) is 17.1 Å².